The van der Waals surface area contributed by atoms with E-state index in [1.807, 2.05) is 34.0 Å². The monoisotopic (exact) mass is 599 g/mol. The number of piperidine rings is 1. The van der Waals surface area contributed by atoms with Crippen LogP contribution in [0.4, 0.5) is 4.79 Å². The molecule has 3 aromatic heterocycles. The molecule has 11 nitrogen and oxygen atoms in total. The number of hydrogen-bond acceptors (Lipinski definition) is 6. The molecular formula is C33H41N7O4. The zero-order chi connectivity index (χ0) is 31.0. The van der Waals surface area contributed by atoms with Gasteiger partial charge >= 0.3 is 6.09 Å². The smallest absolute Gasteiger partial charge is 0.410 e. The highest BCUT2D eigenvalue weighted by molar-refractivity contribution is 5.95. The Bertz CT molecular complexity index is 1730. The molecule has 4 heterocycles. The predicted octanol–water partition coefficient (Wildman–Crippen LogP) is 5.10. The van der Waals surface area contributed by atoms with E-state index in [1.165, 1.54) is 5.56 Å². The summed E-state index contributed by atoms with van der Waals surface area (Å²) in [6, 6.07) is 9.97. The molecule has 0 unspecified atom stereocenters. The largest absolute Gasteiger partial charge is 0.444 e. The molecule has 2 amide bonds. The number of carbonyl (C=O) groups is 2. The number of ether oxygens (including phenoxy) is 1. The molecule has 232 valence electrons. The maximum atomic E-state index is 13.5. The third-order valence-corrected chi connectivity index (χ3v) is 8.62. The van der Waals surface area contributed by atoms with E-state index < -0.39 is 5.60 Å². The molecule has 6 rings (SSSR count). The molecular weight excluding hydrogens is 558 g/mol. The number of imidazole rings is 1. The van der Waals surface area contributed by atoms with Crippen LogP contribution in [0, 0.1) is 0 Å². The summed E-state index contributed by atoms with van der Waals surface area (Å²) >= 11 is 0. The number of H-pyrrole nitrogens is 1. The van der Waals surface area contributed by atoms with Gasteiger partial charge in [-0.1, -0.05) is 6.07 Å². The fraction of sp³-hybridized carbons (Fsp3) is 0.485. The van der Waals surface area contributed by atoms with Gasteiger partial charge in [-0.3, -0.25) is 14.5 Å². The predicted molar refractivity (Wildman–Crippen MR) is 166 cm³/mol. The zero-order valence-electron chi connectivity index (χ0n) is 25.9. The molecule has 2 aliphatic rings. The Morgan fingerprint density at radius 3 is 2.48 bits per heavy atom. The molecule has 1 saturated heterocycles. The molecule has 0 bridgehead atoms. The van der Waals surface area contributed by atoms with Crippen molar-refractivity contribution in [3.05, 3.63) is 65.7 Å². The second-order valence-corrected chi connectivity index (χ2v) is 13.0. The number of nitrogens with one attached hydrogen (secondary N) is 1. The minimum absolute atomic E-state index is 0.116. The first-order valence-electron chi connectivity index (χ1n) is 15.5. The lowest BCUT2D eigenvalue weighted by Crippen LogP contribution is -2.41. The number of aryl methyl sites for hydroxylation is 1. The van der Waals surface area contributed by atoms with Crippen molar-refractivity contribution in [3.8, 4) is 11.3 Å². The maximum Gasteiger partial charge on any atom is 0.410 e. The molecule has 1 saturated carbocycles. The zero-order valence-corrected chi connectivity index (χ0v) is 25.9. The first-order chi connectivity index (χ1) is 21.0. The Morgan fingerprint density at radius 1 is 1.05 bits per heavy atom. The van der Waals surface area contributed by atoms with Crippen LogP contribution in [-0.2, 0) is 11.8 Å². The van der Waals surface area contributed by atoms with Gasteiger partial charge in [-0.15, -0.1) is 0 Å². The van der Waals surface area contributed by atoms with E-state index in [-0.39, 0.29) is 24.1 Å². The highest BCUT2D eigenvalue weighted by atomic mass is 16.6. The van der Waals surface area contributed by atoms with Gasteiger partial charge in [0.25, 0.3) is 5.91 Å². The lowest BCUT2D eigenvalue weighted by Gasteiger charge is -2.33. The minimum Gasteiger partial charge on any atom is -0.444 e. The topological polar surface area (TPSA) is 131 Å². The summed E-state index contributed by atoms with van der Waals surface area (Å²) in [6.07, 6.45) is 9.38. The fourth-order valence-corrected chi connectivity index (χ4v) is 6.34. The highest BCUT2D eigenvalue weighted by Crippen LogP contribution is 2.33. The second kappa shape index (κ2) is 12.0. The summed E-state index contributed by atoms with van der Waals surface area (Å²) in [6.45, 7) is 6.95. The molecule has 1 aromatic carbocycles. The van der Waals surface area contributed by atoms with Crippen molar-refractivity contribution >= 4 is 23.0 Å². The number of aliphatic hydroxyl groups is 1. The van der Waals surface area contributed by atoms with Gasteiger partial charge in [0.15, 0.2) is 0 Å². The second-order valence-electron chi connectivity index (χ2n) is 13.0. The molecule has 2 fully saturated rings. The Labute approximate surface area is 256 Å². The number of pyridine rings is 1. The molecule has 1 aliphatic heterocycles. The third-order valence-electron chi connectivity index (χ3n) is 8.62. The van der Waals surface area contributed by atoms with E-state index in [0.717, 1.165) is 42.3 Å². The van der Waals surface area contributed by atoms with Crippen LogP contribution in [-0.4, -0.2) is 71.1 Å². The molecule has 44 heavy (non-hydrogen) atoms. The first kappa shape index (κ1) is 29.8. The van der Waals surface area contributed by atoms with E-state index in [4.69, 9.17) is 4.74 Å². The van der Waals surface area contributed by atoms with Crippen molar-refractivity contribution in [2.24, 2.45) is 12.0 Å². The van der Waals surface area contributed by atoms with Crippen LogP contribution < -0.4 is 5.62 Å². The molecule has 0 spiro atoms. The number of rotatable bonds is 4. The number of nitrogens with zero attached hydrogens (tertiary/aromatic N) is 6. The average Bonchev–Trinajstić information content (AvgIpc) is 3.59. The van der Waals surface area contributed by atoms with E-state index in [9.17, 15) is 14.7 Å². The summed E-state index contributed by atoms with van der Waals surface area (Å²) in [5, 5.41) is 14.4. The van der Waals surface area contributed by atoms with Crippen LogP contribution in [0.2, 0.25) is 0 Å². The van der Waals surface area contributed by atoms with Gasteiger partial charge in [0.1, 0.15) is 5.60 Å². The number of benzene rings is 1. The average molecular weight is 600 g/mol. The SMILES string of the molecule is Cn1cc(-c2cc(C(=O)/N=c3\[nH]c4cc(C5CCN(C(=O)OC(C)(C)C)CC5)ccc4n3[C@H]3CC[C@@H](O)CC3)ccn2)cn1. The Balaban J connectivity index is 1.30. The van der Waals surface area contributed by atoms with Crippen LogP contribution >= 0.6 is 0 Å². The van der Waals surface area contributed by atoms with Gasteiger partial charge in [-0.25, -0.2) is 4.79 Å². The van der Waals surface area contributed by atoms with Crippen molar-refractivity contribution in [1.82, 2.24) is 29.2 Å². The number of hydrogen-bond donors (Lipinski definition) is 2. The van der Waals surface area contributed by atoms with Crippen LogP contribution in [0.5, 0.6) is 0 Å². The molecule has 11 heteroatoms. The Hall–Kier alpha value is -4.25. The summed E-state index contributed by atoms with van der Waals surface area (Å²) in [5.41, 5.74) is 5.02. The van der Waals surface area contributed by atoms with Crippen LogP contribution in [0.1, 0.15) is 87.2 Å². The number of aromatic nitrogens is 5. The number of aromatic amines is 1. The highest BCUT2D eigenvalue weighted by Gasteiger charge is 2.28. The van der Waals surface area contributed by atoms with E-state index in [0.29, 0.717) is 48.7 Å². The molecule has 1 aliphatic carbocycles. The number of amides is 2. The third kappa shape index (κ3) is 6.47. The van der Waals surface area contributed by atoms with Crippen molar-refractivity contribution < 1.29 is 19.4 Å². The summed E-state index contributed by atoms with van der Waals surface area (Å²) in [5.74, 6) is -0.0483. The van der Waals surface area contributed by atoms with Crippen molar-refractivity contribution in [2.75, 3.05) is 13.1 Å². The van der Waals surface area contributed by atoms with Gasteiger partial charge in [0, 0.05) is 49.7 Å². The van der Waals surface area contributed by atoms with Gasteiger partial charge in [0.05, 0.1) is 29.0 Å². The molecule has 0 atom stereocenters. The summed E-state index contributed by atoms with van der Waals surface area (Å²) in [4.78, 5) is 40.3. The number of likely N-dealkylation sites (tertiary alicyclic amines) is 1. The first-order valence-corrected chi connectivity index (χ1v) is 15.5. The number of fused-ring (bicyclic) bond motifs is 1. The quantitative estimate of drug-likeness (QED) is 0.336. The van der Waals surface area contributed by atoms with Crippen LogP contribution in [0.25, 0.3) is 22.3 Å². The van der Waals surface area contributed by atoms with Crippen LogP contribution in [0.15, 0.2) is 53.9 Å². The lowest BCUT2D eigenvalue weighted by atomic mass is 9.89. The summed E-state index contributed by atoms with van der Waals surface area (Å²) < 4.78 is 9.40. The van der Waals surface area contributed by atoms with Crippen LogP contribution in [0.3, 0.4) is 0 Å². The van der Waals surface area contributed by atoms with Crippen molar-refractivity contribution in [2.45, 2.75) is 83.0 Å². The summed E-state index contributed by atoms with van der Waals surface area (Å²) in [7, 11) is 1.84. The number of carbonyl (C=O) groups excluding carboxylic acids is 2. The van der Waals surface area contributed by atoms with E-state index in [2.05, 4.69) is 42.8 Å². The lowest BCUT2D eigenvalue weighted by molar-refractivity contribution is 0.0204. The normalized spacial score (nSPS) is 20.3. The van der Waals surface area contributed by atoms with Gasteiger partial charge in [0.2, 0.25) is 5.62 Å². The molecule has 2 N–H and O–H groups in total. The van der Waals surface area contributed by atoms with Crippen molar-refractivity contribution in [1.29, 1.82) is 0 Å². The molecule has 0 radical (unpaired) electrons. The van der Waals surface area contributed by atoms with Crippen molar-refractivity contribution in [3.63, 3.8) is 0 Å². The molecule has 4 aromatic rings. The van der Waals surface area contributed by atoms with Gasteiger partial charge in [-0.2, -0.15) is 10.1 Å². The Morgan fingerprint density at radius 2 is 1.80 bits per heavy atom. The Kier molecular flexibility index (Phi) is 8.15. The number of aliphatic hydroxyl groups excluding tert-OH is 1. The van der Waals surface area contributed by atoms with Gasteiger partial charge < -0.3 is 24.3 Å². The van der Waals surface area contributed by atoms with Gasteiger partial charge in [-0.05, 0) is 95.0 Å². The minimum atomic E-state index is -0.512. The van der Waals surface area contributed by atoms with E-state index >= 15 is 0 Å². The standard InChI is InChI=1S/C33H41N7O4/c1-33(2,3)44-32(43)39-15-12-21(13-16-39)22-5-10-29-28(17-22)36-31(40(29)25-6-8-26(41)9-7-25)37-30(42)23-11-14-34-27(18-23)24-19-35-38(4)20-24/h5,10-11,14,17-21,25-26,41H,6-9,12-13,15-16H2,1-4H3,(H,36,37,42)/t25-,26+. The fourth-order valence-electron chi connectivity index (χ4n) is 6.34. The maximum absolute atomic E-state index is 13.5. The van der Waals surface area contributed by atoms with E-state index in [1.54, 1.807) is 34.1 Å².